The molecule has 152 valence electrons. The van der Waals surface area contributed by atoms with E-state index in [2.05, 4.69) is 10.6 Å². The number of nitrogens with one attached hydrogen (secondary N) is 2. The van der Waals surface area contributed by atoms with Crippen molar-refractivity contribution >= 4 is 29.1 Å². The normalized spacial score (nSPS) is 13.2. The fourth-order valence-corrected chi connectivity index (χ4v) is 3.17. The summed E-state index contributed by atoms with van der Waals surface area (Å²) in [6.45, 7) is 0.794. The second-order valence-electron chi connectivity index (χ2n) is 6.48. The van der Waals surface area contributed by atoms with Crippen LogP contribution in [0.15, 0.2) is 42.5 Å². The SMILES string of the molecule is COc1ccccc1CNC(=O)C(=O)Nc1ccc(N2CCCC2=O)c(OC)c1. The second kappa shape index (κ2) is 9.09. The zero-order valence-corrected chi connectivity index (χ0v) is 16.4. The van der Waals surface area contributed by atoms with Crippen molar-refractivity contribution in [2.24, 2.45) is 0 Å². The van der Waals surface area contributed by atoms with Crippen LogP contribution in [-0.4, -0.2) is 38.5 Å². The van der Waals surface area contributed by atoms with Gasteiger partial charge in [-0.3, -0.25) is 14.4 Å². The molecular formula is C21H23N3O5. The lowest BCUT2D eigenvalue weighted by atomic mass is 10.2. The number of hydrogen-bond donors (Lipinski definition) is 2. The molecule has 1 fully saturated rings. The van der Waals surface area contributed by atoms with Gasteiger partial charge in [0.15, 0.2) is 0 Å². The molecule has 8 heteroatoms. The quantitative estimate of drug-likeness (QED) is 0.728. The maximum absolute atomic E-state index is 12.2. The lowest BCUT2D eigenvalue weighted by Crippen LogP contribution is -2.35. The van der Waals surface area contributed by atoms with Gasteiger partial charge in [-0.2, -0.15) is 0 Å². The number of hydrogen-bond acceptors (Lipinski definition) is 5. The van der Waals surface area contributed by atoms with E-state index in [0.29, 0.717) is 35.8 Å². The maximum atomic E-state index is 12.2. The van der Waals surface area contributed by atoms with E-state index in [9.17, 15) is 14.4 Å². The van der Waals surface area contributed by atoms with Gasteiger partial charge in [-0.25, -0.2) is 0 Å². The molecule has 2 aromatic carbocycles. The zero-order chi connectivity index (χ0) is 20.8. The predicted octanol–water partition coefficient (Wildman–Crippen LogP) is 2.09. The number of benzene rings is 2. The maximum Gasteiger partial charge on any atom is 0.313 e. The molecule has 0 aliphatic carbocycles. The van der Waals surface area contributed by atoms with Crippen molar-refractivity contribution < 1.29 is 23.9 Å². The van der Waals surface area contributed by atoms with E-state index in [0.717, 1.165) is 12.0 Å². The van der Waals surface area contributed by atoms with Crippen LogP contribution in [0.2, 0.25) is 0 Å². The molecule has 3 rings (SSSR count). The molecule has 0 saturated carbocycles. The van der Waals surface area contributed by atoms with Crippen LogP contribution in [-0.2, 0) is 20.9 Å². The number of anilines is 2. The Kier molecular flexibility index (Phi) is 6.33. The molecule has 1 aliphatic rings. The third kappa shape index (κ3) is 4.66. The van der Waals surface area contributed by atoms with Gasteiger partial charge in [0.2, 0.25) is 5.91 Å². The van der Waals surface area contributed by atoms with Crippen LogP contribution in [0.5, 0.6) is 11.5 Å². The average molecular weight is 397 g/mol. The minimum atomic E-state index is -0.799. The first-order valence-electron chi connectivity index (χ1n) is 9.23. The molecule has 0 spiro atoms. The molecule has 0 bridgehead atoms. The molecule has 3 amide bonds. The Morgan fingerprint density at radius 1 is 1.03 bits per heavy atom. The average Bonchev–Trinajstić information content (AvgIpc) is 3.17. The monoisotopic (exact) mass is 397 g/mol. The van der Waals surface area contributed by atoms with Gasteiger partial charge in [-0.1, -0.05) is 18.2 Å². The van der Waals surface area contributed by atoms with Crippen LogP contribution in [0.1, 0.15) is 18.4 Å². The van der Waals surface area contributed by atoms with Crippen LogP contribution in [0.4, 0.5) is 11.4 Å². The fraction of sp³-hybridized carbons (Fsp3) is 0.286. The highest BCUT2D eigenvalue weighted by Gasteiger charge is 2.25. The molecule has 8 nitrogen and oxygen atoms in total. The number of ether oxygens (including phenoxy) is 2. The first-order chi connectivity index (χ1) is 14.0. The van der Waals surface area contributed by atoms with Crippen molar-refractivity contribution in [3.05, 3.63) is 48.0 Å². The van der Waals surface area contributed by atoms with E-state index in [1.54, 1.807) is 42.3 Å². The van der Waals surface area contributed by atoms with Crippen molar-refractivity contribution in [3.63, 3.8) is 0 Å². The Bertz CT molecular complexity index is 928. The first kappa shape index (κ1) is 20.2. The standard InChI is InChI=1S/C21H23N3O5/c1-28-17-7-4-3-6-14(17)13-22-20(26)21(27)23-15-9-10-16(18(12-15)29-2)24-11-5-8-19(24)25/h3-4,6-7,9-10,12H,5,8,11,13H2,1-2H3,(H,22,26)(H,23,27). The molecule has 0 aromatic heterocycles. The highest BCUT2D eigenvalue weighted by molar-refractivity contribution is 6.39. The van der Waals surface area contributed by atoms with Crippen LogP contribution in [0.25, 0.3) is 0 Å². The van der Waals surface area contributed by atoms with E-state index in [4.69, 9.17) is 9.47 Å². The number of nitrogens with zero attached hydrogens (tertiary/aromatic N) is 1. The topological polar surface area (TPSA) is 97.0 Å². The Hall–Kier alpha value is -3.55. The Morgan fingerprint density at radius 3 is 2.48 bits per heavy atom. The predicted molar refractivity (Wildman–Crippen MR) is 108 cm³/mol. The smallest absolute Gasteiger partial charge is 0.313 e. The van der Waals surface area contributed by atoms with Gasteiger partial charge in [0.05, 0.1) is 19.9 Å². The van der Waals surface area contributed by atoms with E-state index >= 15 is 0 Å². The number of carbonyl (C=O) groups is 3. The van der Waals surface area contributed by atoms with Gasteiger partial charge in [0.25, 0.3) is 0 Å². The van der Waals surface area contributed by atoms with Crippen molar-refractivity contribution in [1.29, 1.82) is 0 Å². The van der Waals surface area contributed by atoms with Crippen LogP contribution in [0, 0.1) is 0 Å². The molecule has 1 heterocycles. The van der Waals surface area contributed by atoms with Gasteiger partial charge in [0, 0.05) is 36.8 Å². The first-order valence-corrected chi connectivity index (χ1v) is 9.23. The van der Waals surface area contributed by atoms with Crippen molar-refractivity contribution in [3.8, 4) is 11.5 Å². The number of amides is 3. The molecule has 29 heavy (non-hydrogen) atoms. The fourth-order valence-electron chi connectivity index (χ4n) is 3.17. The summed E-state index contributed by atoms with van der Waals surface area (Å²) in [6, 6.07) is 12.2. The van der Waals surface area contributed by atoms with Crippen molar-refractivity contribution in [1.82, 2.24) is 5.32 Å². The highest BCUT2D eigenvalue weighted by atomic mass is 16.5. The third-order valence-corrected chi connectivity index (χ3v) is 4.64. The van der Waals surface area contributed by atoms with Gasteiger partial charge in [-0.05, 0) is 24.6 Å². The highest BCUT2D eigenvalue weighted by Crippen LogP contribution is 2.33. The lowest BCUT2D eigenvalue weighted by Gasteiger charge is -2.19. The molecule has 0 atom stereocenters. The van der Waals surface area contributed by atoms with Crippen molar-refractivity contribution in [2.75, 3.05) is 31.0 Å². The Morgan fingerprint density at radius 2 is 1.79 bits per heavy atom. The van der Waals surface area contributed by atoms with Crippen LogP contribution < -0.4 is 25.0 Å². The summed E-state index contributed by atoms with van der Waals surface area (Å²) >= 11 is 0. The number of para-hydroxylation sites is 1. The van der Waals surface area contributed by atoms with Crippen LogP contribution >= 0.6 is 0 Å². The lowest BCUT2D eigenvalue weighted by molar-refractivity contribution is -0.136. The van der Waals surface area contributed by atoms with Gasteiger partial charge in [-0.15, -0.1) is 0 Å². The number of carbonyl (C=O) groups excluding carboxylic acids is 3. The minimum absolute atomic E-state index is 0.0378. The molecule has 0 radical (unpaired) electrons. The van der Waals surface area contributed by atoms with E-state index in [1.807, 2.05) is 12.1 Å². The Balaban J connectivity index is 1.63. The molecule has 1 aliphatic heterocycles. The second-order valence-corrected chi connectivity index (χ2v) is 6.48. The largest absolute Gasteiger partial charge is 0.496 e. The summed E-state index contributed by atoms with van der Waals surface area (Å²) < 4.78 is 10.6. The molecular weight excluding hydrogens is 374 g/mol. The summed E-state index contributed by atoms with van der Waals surface area (Å²) in [5.41, 5.74) is 1.81. The summed E-state index contributed by atoms with van der Waals surface area (Å²) in [5, 5.41) is 5.11. The minimum Gasteiger partial charge on any atom is -0.496 e. The molecule has 0 unspecified atom stereocenters. The summed E-state index contributed by atoms with van der Waals surface area (Å²) in [7, 11) is 3.03. The van der Waals surface area contributed by atoms with Crippen LogP contribution in [0.3, 0.4) is 0 Å². The van der Waals surface area contributed by atoms with E-state index in [-0.39, 0.29) is 12.5 Å². The van der Waals surface area contributed by atoms with Gasteiger partial charge in [0.1, 0.15) is 11.5 Å². The molecule has 2 aromatic rings. The number of methoxy groups -OCH3 is 2. The molecule has 1 saturated heterocycles. The van der Waals surface area contributed by atoms with Crippen molar-refractivity contribution in [2.45, 2.75) is 19.4 Å². The Labute approximate surface area is 168 Å². The summed E-state index contributed by atoms with van der Waals surface area (Å²) in [6.07, 6.45) is 1.31. The van der Waals surface area contributed by atoms with E-state index in [1.165, 1.54) is 7.11 Å². The number of rotatable bonds is 6. The zero-order valence-electron chi connectivity index (χ0n) is 16.4. The summed E-state index contributed by atoms with van der Waals surface area (Å²) in [5.74, 6) is -0.450. The van der Waals surface area contributed by atoms with E-state index < -0.39 is 11.8 Å². The van der Waals surface area contributed by atoms with Gasteiger partial charge >= 0.3 is 11.8 Å². The summed E-state index contributed by atoms with van der Waals surface area (Å²) in [4.78, 5) is 38.0. The van der Waals surface area contributed by atoms with Gasteiger partial charge < -0.3 is 25.0 Å². The molecule has 2 N–H and O–H groups in total. The third-order valence-electron chi connectivity index (χ3n) is 4.64.